The van der Waals surface area contributed by atoms with Crippen LogP contribution >= 0.6 is 0 Å². The lowest BCUT2D eigenvalue weighted by Gasteiger charge is -2.36. The smallest absolute Gasteiger partial charge is 0.335 e. The summed E-state index contributed by atoms with van der Waals surface area (Å²) in [6, 6.07) is 0. The van der Waals surface area contributed by atoms with Crippen LogP contribution in [0.4, 0.5) is 5.82 Å². The molecule has 1 atom stereocenters. The van der Waals surface area contributed by atoms with Gasteiger partial charge in [-0.25, -0.2) is 9.78 Å². The summed E-state index contributed by atoms with van der Waals surface area (Å²) >= 11 is 0. The highest BCUT2D eigenvalue weighted by Gasteiger charge is 2.37. The van der Waals surface area contributed by atoms with E-state index in [2.05, 4.69) is 20.6 Å². The van der Waals surface area contributed by atoms with E-state index in [9.17, 15) is 9.90 Å². The van der Waals surface area contributed by atoms with Crippen LogP contribution in [0.1, 0.15) is 13.3 Å². The van der Waals surface area contributed by atoms with E-state index in [1.807, 2.05) is 6.92 Å². The lowest BCUT2D eigenvalue weighted by molar-refractivity contribution is -0.133. The van der Waals surface area contributed by atoms with E-state index >= 15 is 0 Å². The Kier molecular flexibility index (Phi) is 3.27. The van der Waals surface area contributed by atoms with Crippen molar-refractivity contribution in [2.75, 3.05) is 5.32 Å². The van der Waals surface area contributed by atoms with E-state index in [0.717, 1.165) is 0 Å². The van der Waals surface area contributed by atoms with E-state index in [1.165, 1.54) is 0 Å². The summed E-state index contributed by atoms with van der Waals surface area (Å²) in [6.45, 7) is 1.90. The van der Waals surface area contributed by atoms with Gasteiger partial charge in [0.25, 0.3) is 0 Å². The van der Waals surface area contributed by atoms with Crippen LogP contribution in [0, 0.1) is 0 Å². The van der Waals surface area contributed by atoms with Gasteiger partial charge in [-0.05, 0) is 24.8 Å². The van der Waals surface area contributed by atoms with Crippen molar-refractivity contribution in [3.05, 3.63) is 42.5 Å². The number of rotatable bonds is 4. The number of allylic oxidation sites excluding steroid dienone is 2. The SMILES string of the molecule is CCC1(Nc2cnccn2)NC=CC=C1C(=O)O. The summed E-state index contributed by atoms with van der Waals surface area (Å²) in [4.78, 5) is 19.4. The Morgan fingerprint density at radius 3 is 3.00 bits per heavy atom. The molecule has 0 amide bonds. The highest BCUT2D eigenvalue weighted by molar-refractivity contribution is 5.90. The molecule has 18 heavy (non-hydrogen) atoms. The predicted molar refractivity (Wildman–Crippen MR) is 66.7 cm³/mol. The summed E-state index contributed by atoms with van der Waals surface area (Å²) in [6.07, 6.45) is 10.2. The van der Waals surface area contributed by atoms with E-state index in [4.69, 9.17) is 0 Å². The highest BCUT2D eigenvalue weighted by Crippen LogP contribution is 2.25. The highest BCUT2D eigenvalue weighted by atomic mass is 16.4. The average Bonchev–Trinajstić information content (AvgIpc) is 2.40. The van der Waals surface area contributed by atoms with Crippen molar-refractivity contribution in [1.82, 2.24) is 15.3 Å². The average molecular weight is 246 g/mol. The van der Waals surface area contributed by atoms with Gasteiger partial charge in [0.1, 0.15) is 11.5 Å². The largest absolute Gasteiger partial charge is 0.478 e. The number of aromatic nitrogens is 2. The monoisotopic (exact) mass is 246 g/mol. The number of dihydropyridines is 1. The van der Waals surface area contributed by atoms with Crippen LogP contribution in [0.15, 0.2) is 42.5 Å². The van der Waals surface area contributed by atoms with Gasteiger partial charge in [0.15, 0.2) is 0 Å². The fourth-order valence-electron chi connectivity index (χ4n) is 1.88. The molecule has 2 heterocycles. The first-order valence-corrected chi connectivity index (χ1v) is 5.60. The first-order chi connectivity index (χ1) is 8.68. The van der Waals surface area contributed by atoms with Crippen molar-refractivity contribution < 1.29 is 9.90 Å². The molecule has 6 nitrogen and oxygen atoms in total. The van der Waals surface area contributed by atoms with Crippen LogP contribution in [0.25, 0.3) is 0 Å². The van der Waals surface area contributed by atoms with Gasteiger partial charge >= 0.3 is 5.97 Å². The van der Waals surface area contributed by atoms with Crippen LogP contribution in [0.5, 0.6) is 0 Å². The van der Waals surface area contributed by atoms with Gasteiger partial charge in [0.2, 0.25) is 0 Å². The van der Waals surface area contributed by atoms with E-state index < -0.39 is 11.6 Å². The second-order valence-corrected chi connectivity index (χ2v) is 3.86. The van der Waals surface area contributed by atoms with Crippen LogP contribution in [0.3, 0.4) is 0 Å². The van der Waals surface area contributed by atoms with Gasteiger partial charge in [-0.3, -0.25) is 4.98 Å². The molecule has 94 valence electrons. The Hall–Kier alpha value is -2.37. The molecule has 0 radical (unpaired) electrons. The number of carboxylic acid groups (broad SMARTS) is 1. The molecule has 0 saturated heterocycles. The van der Waals surface area contributed by atoms with Crippen molar-refractivity contribution >= 4 is 11.8 Å². The zero-order valence-corrected chi connectivity index (χ0v) is 9.92. The number of aliphatic carboxylic acids is 1. The van der Waals surface area contributed by atoms with E-state index in [0.29, 0.717) is 12.2 Å². The van der Waals surface area contributed by atoms with Crippen molar-refractivity contribution in [2.24, 2.45) is 0 Å². The first-order valence-electron chi connectivity index (χ1n) is 5.60. The molecule has 0 bridgehead atoms. The number of anilines is 1. The zero-order valence-electron chi connectivity index (χ0n) is 9.92. The quantitative estimate of drug-likeness (QED) is 0.738. The van der Waals surface area contributed by atoms with Crippen LogP contribution < -0.4 is 10.6 Å². The molecule has 1 aliphatic rings. The van der Waals surface area contributed by atoms with Crippen LogP contribution in [-0.2, 0) is 4.79 Å². The summed E-state index contributed by atoms with van der Waals surface area (Å²) < 4.78 is 0. The van der Waals surface area contributed by atoms with E-state index in [1.54, 1.807) is 36.9 Å². The Balaban J connectivity index is 2.33. The van der Waals surface area contributed by atoms with Gasteiger partial charge in [-0.15, -0.1) is 0 Å². The number of nitrogens with one attached hydrogen (secondary N) is 2. The second-order valence-electron chi connectivity index (χ2n) is 3.86. The molecule has 0 saturated carbocycles. The summed E-state index contributed by atoms with van der Waals surface area (Å²) in [7, 11) is 0. The van der Waals surface area contributed by atoms with E-state index in [-0.39, 0.29) is 5.57 Å². The van der Waals surface area contributed by atoms with Gasteiger partial charge in [0.05, 0.1) is 11.8 Å². The van der Waals surface area contributed by atoms with Crippen LogP contribution in [-0.4, -0.2) is 26.7 Å². The molecule has 0 spiro atoms. The molecule has 2 rings (SSSR count). The molecule has 1 aromatic rings. The van der Waals surface area contributed by atoms with Gasteiger partial charge in [-0.2, -0.15) is 0 Å². The Morgan fingerprint density at radius 1 is 1.56 bits per heavy atom. The van der Waals surface area contributed by atoms with Crippen molar-refractivity contribution in [3.63, 3.8) is 0 Å². The molecule has 6 heteroatoms. The summed E-state index contributed by atoms with van der Waals surface area (Å²) in [5.74, 6) is -0.445. The van der Waals surface area contributed by atoms with Crippen molar-refractivity contribution in [1.29, 1.82) is 0 Å². The lowest BCUT2D eigenvalue weighted by Crippen LogP contribution is -2.53. The Bertz CT molecular complexity index is 498. The minimum absolute atomic E-state index is 0.248. The molecule has 1 aliphatic heterocycles. The maximum absolute atomic E-state index is 11.3. The van der Waals surface area contributed by atoms with Gasteiger partial charge < -0.3 is 15.7 Å². The van der Waals surface area contributed by atoms with Gasteiger partial charge in [-0.1, -0.05) is 6.92 Å². The summed E-state index contributed by atoms with van der Waals surface area (Å²) in [5, 5.41) is 15.4. The molecule has 0 aliphatic carbocycles. The number of carboxylic acids is 1. The fourth-order valence-corrected chi connectivity index (χ4v) is 1.88. The number of hydrogen-bond acceptors (Lipinski definition) is 5. The molecule has 0 fully saturated rings. The normalized spacial score (nSPS) is 21.9. The molecule has 1 aromatic heterocycles. The van der Waals surface area contributed by atoms with Crippen molar-refractivity contribution in [2.45, 2.75) is 19.0 Å². The Morgan fingerprint density at radius 2 is 2.39 bits per heavy atom. The lowest BCUT2D eigenvalue weighted by atomic mass is 9.94. The predicted octanol–water partition coefficient (Wildman–Crippen LogP) is 1.12. The Labute approximate surface area is 104 Å². The third kappa shape index (κ3) is 2.17. The maximum atomic E-state index is 11.3. The third-order valence-corrected chi connectivity index (χ3v) is 2.81. The van der Waals surface area contributed by atoms with Gasteiger partial charge in [0, 0.05) is 12.4 Å². The minimum atomic E-state index is -0.968. The van der Waals surface area contributed by atoms with Crippen LogP contribution in [0.2, 0.25) is 0 Å². The standard InChI is InChI=1S/C12H14N4O2/c1-2-12(16-10-8-13-6-7-14-10)9(11(17)18)4-3-5-15-12/h3-8,15H,2H2,1H3,(H,14,16)(H,17,18). The molecule has 3 N–H and O–H groups in total. The number of carbonyl (C=O) groups is 1. The minimum Gasteiger partial charge on any atom is -0.478 e. The topological polar surface area (TPSA) is 87.1 Å². The molecular formula is C12H14N4O2. The molecule has 1 unspecified atom stereocenters. The molecular weight excluding hydrogens is 232 g/mol. The zero-order chi connectivity index (χ0) is 13.0. The number of hydrogen-bond donors (Lipinski definition) is 3. The first kappa shape index (κ1) is 12.1. The third-order valence-electron chi connectivity index (χ3n) is 2.81. The maximum Gasteiger partial charge on any atom is 0.335 e. The van der Waals surface area contributed by atoms with Crippen molar-refractivity contribution in [3.8, 4) is 0 Å². The fraction of sp³-hybridized carbons (Fsp3) is 0.250. The summed E-state index contributed by atoms with van der Waals surface area (Å²) in [5.41, 5.74) is -0.616. The molecule has 0 aromatic carbocycles. The number of nitrogens with zero attached hydrogens (tertiary/aromatic N) is 2. The second kappa shape index (κ2) is 4.87.